The van der Waals surface area contributed by atoms with E-state index in [-0.39, 0.29) is 6.04 Å². The van der Waals surface area contributed by atoms with Gasteiger partial charge >= 0.3 is 6.01 Å². The normalized spacial score (nSPS) is 12.2. The number of hydrogen-bond acceptors (Lipinski definition) is 6. The summed E-state index contributed by atoms with van der Waals surface area (Å²) < 4.78 is 11.1. The van der Waals surface area contributed by atoms with Crippen molar-refractivity contribution in [3.05, 3.63) is 30.2 Å². The Balaban J connectivity index is 2.10. The van der Waals surface area contributed by atoms with Crippen LogP contribution in [-0.2, 0) is 0 Å². The molecule has 0 fully saturated rings. The van der Waals surface area contributed by atoms with Crippen LogP contribution >= 0.6 is 0 Å². The average Bonchev–Trinajstić information content (AvgIpc) is 2.90. The Morgan fingerprint density at radius 3 is 2.80 bits per heavy atom. The largest absolute Gasteiger partial charge is 0.492 e. The van der Waals surface area contributed by atoms with Gasteiger partial charge in [-0.25, -0.2) is 0 Å². The molecule has 108 valence electrons. The monoisotopic (exact) mass is 276 g/mol. The van der Waals surface area contributed by atoms with Gasteiger partial charge in [-0.05, 0) is 32.5 Å². The lowest BCUT2D eigenvalue weighted by Gasteiger charge is -2.09. The molecule has 0 spiro atoms. The van der Waals surface area contributed by atoms with Gasteiger partial charge in [0.15, 0.2) is 0 Å². The number of para-hydroxylation sites is 2. The summed E-state index contributed by atoms with van der Waals surface area (Å²) in [6.45, 7) is 7.41. The van der Waals surface area contributed by atoms with Crippen molar-refractivity contribution in [2.75, 3.05) is 18.5 Å². The summed E-state index contributed by atoms with van der Waals surface area (Å²) in [6.07, 6.45) is 0. The summed E-state index contributed by atoms with van der Waals surface area (Å²) >= 11 is 0. The molecule has 1 atom stereocenters. The Hall–Kier alpha value is -2.08. The number of rotatable bonds is 7. The topological polar surface area (TPSA) is 72.2 Å². The van der Waals surface area contributed by atoms with E-state index in [1.165, 1.54) is 0 Å². The minimum atomic E-state index is 0.0326. The van der Waals surface area contributed by atoms with Crippen LogP contribution in [0.3, 0.4) is 0 Å². The summed E-state index contributed by atoms with van der Waals surface area (Å²) in [5, 5.41) is 14.3. The first-order chi connectivity index (χ1) is 9.74. The predicted molar refractivity (Wildman–Crippen MR) is 77.3 cm³/mol. The van der Waals surface area contributed by atoms with Crippen molar-refractivity contribution in [2.45, 2.75) is 26.8 Å². The molecule has 2 N–H and O–H groups in total. The van der Waals surface area contributed by atoms with Crippen LogP contribution in [0.1, 0.15) is 32.7 Å². The summed E-state index contributed by atoms with van der Waals surface area (Å²) in [5.74, 6) is 1.32. The summed E-state index contributed by atoms with van der Waals surface area (Å²) in [7, 11) is 0. The van der Waals surface area contributed by atoms with Gasteiger partial charge in [-0.1, -0.05) is 24.2 Å². The minimum absolute atomic E-state index is 0.0326. The number of hydrogen-bond donors (Lipinski definition) is 2. The molecule has 6 heteroatoms. The van der Waals surface area contributed by atoms with E-state index in [4.69, 9.17) is 9.15 Å². The second-order valence-electron chi connectivity index (χ2n) is 4.28. The van der Waals surface area contributed by atoms with Crippen LogP contribution in [0.15, 0.2) is 28.7 Å². The highest BCUT2D eigenvalue weighted by atomic mass is 16.5. The molecule has 2 aromatic rings. The predicted octanol–water partition coefficient (Wildman–Crippen LogP) is 2.88. The lowest BCUT2D eigenvalue weighted by molar-refractivity contribution is 0.341. The van der Waals surface area contributed by atoms with Gasteiger partial charge < -0.3 is 19.8 Å². The van der Waals surface area contributed by atoms with Crippen molar-refractivity contribution in [3.63, 3.8) is 0 Å². The molecule has 0 aliphatic rings. The zero-order valence-electron chi connectivity index (χ0n) is 12.0. The molecule has 1 aromatic heterocycles. The fourth-order valence-corrected chi connectivity index (χ4v) is 1.82. The van der Waals surface area contributed by atoms with Gasteiger partial charge in [0, 0.05) is 0 Å². The maximum absolute atomic E-state index is 5.58. The fraction of sp³-hybridized carbons (Fsp3) is 0.429. The first-order valence-electron chi connectivity index (χ1n) is 6.80. The number of ether oxygens (including phenoxy) is 1. The van der Waals surface area contributed by atoms with Gasteiger partial charge in [0.2, 0.25) is 5.89 Å². The van der Waals surface area contributed by atoms with E-state index in [0.717, 1.165) is 18.0 Å². The first kappa shape index (κ1) is 14.3. The second kappa shape index (κ2) is 6.91. The summed E-state index contributed by atoms with van der Waals surface area (Å²) in [6, 6.07) is 8.03. The molecule has 0 radical (unpaired) electrons. The van der Waals surface area contributed by atoms with Gasteiger partial charge in [-0.3, -0.25) is 0 Å². The molecule has 1 unspecified atom stereocenters. The van der Waals surface area contributed by atoms with Crippen LogP contribution in [0, 0.1) is 0 Å². The van der Waals surface area contributed by atoms with Crippen LogP contribution < -0.4 is 15.4 Å². The number of aromatic nitrogens is 2. The third-order valence-electron chi connectivity index (χ3n) is 2.75. The molecule has 1 heterocycles. The molecular formula is C14H20N4O2. The van der Waals surface area contributed by atoms with E-state index >= 15 is 0 Å². The number of nitrogens with zero attached hydrogens (tertiary/aromatic N) is 2. The number of nitrogens with one attached hydrogen (secondary N) is 2. The van der Waals surface area contributed by atoms with Crippen molar-refractivity contribution >= 4 is 11.7 Å². The van der Waals surface area contributed by atoms with Gasteiger partial charge in [0.1, 0.15) is 5.75 Å². The molecule has 6 nitrogen and oxygen atoms in total. The summed E-state index contributed by atoms with van der Waals surface area (Å²) in [4.78, 5) is 0. The van der Waals surface area contributed by atoms with Crippen molar-refractivity contribution in [3.8, 4) is 5.75 Å². The van der Waals surface area contributed by atoms with Gasteiger partial charge in [0.25, 0.3) is 0 Å². The maximum Gasteiger partial charge on any atom is 0.320 e. The molecule has 0 aliphatic heterocycles. The SMILES string of the molecule is CCNC(C)c1nnc(Nc2ccccc2OCC)o1. The third-order valence-corrected chi connectivity index (χ3v) is 2.75. The van der Waals surface area contributed by atoms with Crippen LogP contribution in [0.4, 0.5) is 11.7 Å². The quantitative estimate of drug-likeness (QED) is 0.810. The maximum atomic E-state index is 5.58. The first-order valence-corrected chi connectivity index (χ1v) is 6.80. The Labute approximate surface area is 118 Å². The van der Waals surface area contributed by atoms with Crippen molar-refractivity contribution in [1.29, 1.82) is 0 Å². The van der Waals surface area contributed by atoms with Gasteiger partial charge in [-0.15, -0.1) is 5.10 Å². The van der Waals surface area contributed by atoms with Crippen molar-refractivity contribution < 1.29 is 9.15 Å². The molecule has 0 bridgehead atoms. The molecule has 2 rings (SSSR count). The van der Waals surface area contributed by atoms with Crippen LogP contribution in [-0.4, -0.2) is 23.3 Å². The average molecular weight is 276 g/mol. The molecular weight excluding hydrogens is 256 g/mol. The highest BCUT2D eigenvalue weighted by Crippen LogP contribution is 2.27. The van der Waals surface area contributed by atoms with Crippen LogP contribution in [0.2, 0.25) is 0 Å². The standard InChI is InChI=1S/C14H20N4O2/c1-4-15-10(3)13-17-18-14(20-13)16-11-8-6-7-9-12(11)19-5-2/h6-10,15H,4-5H2,1-3H3,(H,16,18). The van der Waals surface area contributed by atoms with Crippen LogP contribution in [0.25, 0.3) is 0 Å². The lowest BCUT2D eigenvalue weighted by atomic mass is 10.3. The highest BCUT2D eigenvalue weighted by Gasteiger charge is 2.13. The minimum Gasteiger partial charge on any atom is -0.492 e. The molecule has 1 aromatic carbocycles. The van der Waals surface area contributed by atoms with E-state index in [0.29, 0.717) is 18.5 Å². The van der Waals surface area contributed by atoms with Gasteiger partial charge in [0.05, 0.1) is 18.3 Å². The molecule has 20 heavy (non-hydrogen) atoms. The Morgan fingerprint density at radius 1 is 1.25 bits per heavy atom. The van der Waals surface area contributed by atoms with E-state index in [9.17, 15) is 0 Å². The zero-order valence-corrected chi connectivity index (χ0v) is 12.0. The van der Waals surface area contributed by atoms with E-state index in [1.54, 1.807) is 0 Å². The summed E-state index contributed by atoms with van der Waals surface area (Å²) in [5.41, 5.74) is 0.806. The Bertz CT molecular complexity index is 541. The molecule has 0 saturated carbocycles. The smallest absolute Gasteiger partial charge is 0.320 e. The van der Waals surface area contributed by atoms with E-state index in [1.807, 2.05) is 45.0 Å². The molecule has 0 saturated heterocycles. The molecule has 0 aliphatic carbocycles. The van der Waals surface area contributed by atoms with Crippen molar-refractivity contribution in [1.82, 2.24) is 15.5 Å². The second-order valence-corrected chi connectivity index (χ2v) is 4.28. The lowest BCUT2D eigenvalue weighted by Crippen LogP contribution is -2.17. The molecule has 0 amide bonds. The van der Waals surface area contributed by atoms with E-state index < -0.39 is 0 Å². The van der Waals surface area contributed by atoms with E-state index in [2.05, 4.69) is 20.8 Å². The zero-order chi connectivity index (χ0) is 14.4. The van der Waals surface area contributed by atoms with Gasteiger partial charge in [-0.2, -0.15) is 0 Å². The Morgan fingerprint density at radius 2 is 2.05 bits per heavy atom. The van der Waals surface area contributed by atoms with Crippen LogP contribution in [0.5, 0.6) is 5.75 Å². The van der Waals surface area contributed by atoms with Crippen molar-refractivity contribution in [2.24, 2.45) is 0 Å². The number of benzene rings is 1. The third kappa shape index (κ3) is 3.48. The highest BCUT2D eigenvalue weighted by molar-refractivity contribution is 5.61. The number of anilines is 2. The fourth-order valence-electron chi connectivity index (χ4n) is 1.82. The Kier molecular flexibility index (Phi) is 4.95.